The normalized spacial score (nSPS) is 12.9. The molecule has 0 bridgehead atoms. The van der Waals surface area contributed by atoms with Crippen LogP contribution in [0.15, 0.2) is 0 Å². The molecular weight excluding hydrogens is 222 g/mol. The summed E-state index contributed by atoms with van der Waals surface area (Å²) in [4.78, 5) is 22.3. The van der Waals surface area contributed by atoms with E-state index in [0.717, 1.165) is 0 Å². The smallest absolute Gasteiger partial charge is 0.408 e. The Kier molecular flexibility index (Phi) is 5.43. The predicted molar refractivity (Wildman–Crippen MR) is 55.6 cm³/mol. The predicted octanol–water partition coefficient (Wildman–Crippen LogP) is 1.64. The maximum atomic E-state index is 11.2. The minimum Gasteiger partial charge on any atom is -0.448 e. The van der Waals surface area contributed by atoms with E-state index in [0.29, 0.717) is 0 Å². The SMILES string of the molecule is CC(NC(=O)OC(C)(C)C)C(=O)OCCl. The van der Waals surface area contributed by atoms with Crippen LogP contribution in [-0.2, 0) is 14.3 Å². The average molecular weight is 238 g/mol. The summed E-state index contributed by atoms with van der Waals surface area (Å²) >= 11 is 5.20. The number of carbonyl (C=O) groups is 2. The highest BCUT2D eigenvalue weighted by Gasteiger charge is 2.21. The summed E-state index contributed by atoms with van der Waals surface area (Å²) in [5, 5.41) is 2.33. The Bertz CT molecular complexity index is 237. The van der Waals surface area contributed by atoms with Crippen molar-refractivity contribution in [1.29, 1.82) is 0 Å². The summed E-state index contributed by atoms with van der Waals surface area (Å²) in [7, 11) is 0. The number of halogens is 1. The van der Waals surface area contributed by atoms with E-state index in [2.05, 4.69) is 10.1 Å². The molecule has 1 N–H and O–H groups in total. The molecule has 0 aromatic rings. The maximum absolute atomic E-state index is 11.2. The highest BCUT2D eigenvalue weighted by Crippen LogP contribution is 2.06. The molecule has 88 valence electrons. The Morgan fingerprint density at radius 3 is 2.33 bits per heavy atom. The second-order valence-corrected chi connectivity index (χ2v) is 4.16. The molecule has 0 saturated heterocycles. The van der Waals surface area contributed by atoms with Gasteiger partial charge < -0.3 is 14.8 Å². The van der Waals surface area contributed by atoms with Crippen LogP contribution in [0.1, 0.15) is 27.7 Å². The van der Waals surface area contributed by atoms with Gasteiger partial charge in [0.05, 0.1) is 0 Å². The van der Waals surface area contributed by atoms with Crippen LogP contribution in [0.5, 0.6) is 0 Å². The van der Waals surface area contributed by atoms with Crippen LogP contribution in [0.2, 0.25) is 0 Å². The second kappa shape index (κ2) is 5.80. The van der Waals surface area contributed by atoms with E-state index in [1.807, 2.05) is 0 Å². The standard InChI is InChI=1S/C9H16ClNO4/c1-6(7(12)14-5-10)11-8(13)15-9(2,3)4/h6H,5H2,1-4H3,(H,11,13). The molecule has 6 heteroatoms. The number of esters is 1. The van der Waals surface area contributed by atoms with E-state index >= 15 is 0 Å². The van der Waals surface area contributed by atoms with E-state index in [1.54, 1.807) is 20.8 Å². The zero-order valence-corrected chi connectivity index (χ0v) is 10.1. The molecular formula is C9H16ClNO4. The van der Waals surface area contributed by atoms with Gasteiger partial charge >= 0.3 is 12.1 Å². The largest absolute Gasteiger partial charge is 0.448 e. The van der Waals surface area contributed by atoms with Crippen molar-refractivity contribution in [3.63, 3.8) is 0 Å². The average Bonchev–Trinajstić information content (AvgIpc) is 2.00. The van der Waals surface area contributed by atoms with Crippen LogP contribution >= 0.6 is 11.6 Å². The Labute approximate surface area is 94.1 Å². The van der Waals surface area contributed by atoms with E-state index in [4.69, 9.17) is 16.3 Å². The minimum absolute atomic E-state index is 0.237. The summed E-state index contributed by atoms with van der Waals surface area (Å²) in [5.41, 5.74) is -0.597. The van der Waals surface area contributed by atoms with Gasteiger partial charge in [0.25, 0.3) is 0 Å². The van der Waals surface area contributed by atoms with Gasteiger partial charge in [-0.1, -0.05) is 11.6 Å². The van der Waals surface area contributed by atoms with Gasteiger partial charge in [0.15, 0.2) is 6.07 Å². The molecule has 0 aromatic heterocycles. The molecule has 0 spiro atoms. The lowest BCUT2D eigenvalue weighted by atomic mass is 10.2. The lowest BCUT2D eigenvalue weighted by Crippen LogP contribution is -2.42. The van der Waals surface area contributed by atoms with Crippen molar-refractivity contribution < 1.29 is 19.1 Å². The fourth-order valence-corrected chi connectivity index (χ4v) is 0.830. The third-order valence-electron chi connectivity index (χ3n) is 1.28. The van der Waals surface area contributed by atoms with Crippen molar-refractivity contribution >= 4 is 23.7 Å². The minimum atomic E-state index is -0.779. The molecule has 15 heavy (non-hydrogen) atoms. The van der Waals surface area contributed by atoms with Gasteiger partial charge in [0.1, 0.15) is 11.6 Å². The zero-order chi connectivity index (χ0) is 12.1. The highest BCUT2D eigenvalue weighted by atomic mass is 35.5. The summed E-state index contributed by atoms with van der Waals surface area (Å²) in [5.74, 6) is -0.601. The van der Waals surface area contributed by atoms with Crippen LogP contribution in [0.3, 0.4) is 0 Å². The summed E-state index contributed by atoms with van der Waals surface area (Å²) in [6.45, 7) is 6.68. The Hall–Kier alpha value is -0.970. The molecule has 0 aliphatic carbocycles. The summed E-state index contributed by atoms with van der Waals surface area (Å²) < 4.78 is 9.44. The van der Waals surface area contributed by atoms with Gasteiger partial charge in [0, 0.05) is 0 Å². The molecule has 0 radical (unpaired) electrons. The van der Waals surface area contributed by atoms with E-state index in [-0.39, 0.29) is 6.07 Å². The lowest BCUT2D eigenvalue weighted by molar-refractivity contribution is -0.143. The molecule has 0 saturated carbocycles. The van der Waals surface area contributed by atoms with Gasteiger partial charge in [-0.3, -0.25) is 0 Å². The number of amides is 1. The molecule has 1 amide bonds. The van der Waals surface area contributed by atoms with Crippen molar-refractivity contribution in [2.45, 2.75) is 39.3 Å². The van der Waals surface area contributed by atoms with Crippen molar-refractivity contribution in [2.75, 3.05) is 6.07 Å². The highest BCUT2D eigenvalue weighted by molar-refractivity contribution is 6.17. The van der Waals surface area contributed by atoms with Crippen LogP contribution in [0.25, 0.3) is 0 Å². The van der Waals surface area contributed by atoms with Gasteiger partial charge in [0.2, 0.25) is 0 Å². The monoisotopic (exact) mass is 237 g/mol. The number of carbonyl (C=O) groups excluding carboxylic acids is 2. The molecule has 1 atom stereocenters. The lowest BCUT2D eigenvalue weighted by Gasteiger charge is -2.21. The first-order valence-electron chi connectivity index (χ1n) is 4.48. The van der Waals surface area contributed by atoms with Crippen LogP contribution in [0, 0.1) is 0 Å². The molecule has 5 nitrogen and oxygen atoms in total. The van der Waals surface area contributed by atoms with Crippen molar-refractivity contribution in [1.82, 2.24) is 5.32 Å². The molecule has 0 fully saturated rings. The third-order valence-corrected chi connectivity index (χ3v) is 1.39. The van der Waals surface area contributed by atoms with E-state index in [9.17, 15) is 9.59 Å². The topological polar surface area (TPSA) is 64.6 Å². The quantitative estimate of drug-likeness (QED) is 0.599. The first-order chi connectivity index (χ1) is 6.76. The number of hydrogen-bond acceptors (Lipinski definition) is 4. The summed E-state index contributed by atoms with van der Waals surface area (Å²) in [6.07, 6.45) is -0.665. The van der Waals surface area contributed by atoms with E-state index < -0.39 is 23.7 Å². The first kappa shape index (κ1) is 14.0. The first-order valence-corrected chi connectivity index (χ1v) is 5.02. The van der Waals surface area contributed by atoms with Gasteiger partial charge in [-0.15, -0.1) is 0 Å². The molecule has 0 aliphatic heterocycles. The summed E-state index contributed by atoms with van der Waals surface area (Å²) in [6, 6.07) is -1.02. The molecule has 0 heterocycles. The number of rotatable bonds is 3. The Balaban J connectivity index is 4.02. The Morgan fingerprint density at radius 2 is 1.93 bits per heavy atom. The van der Waals surface area contributed by atoms with Gasteiger partial charge in [-0.05, 0) is 27.7 Å². The number of ether oxygens (including phenoxy) is 2. The number of alkyl carbamates (subject to hydrolysis) is 1. The third kappa shape index (κ3) is 7.02. The van der Waals surface area contributed by atoms with Crippen LogP contribution in [-0.4, -0.2) is 29.8 Å². The number of alkyl halides is 1. The van der Waals surface area contributed by atoms with E-state index in [1.165, 1.54) is 6.92 Å². The fourth-order valence-electron chi connectivity index (χ4n) is 0.722. The maximum Gasteiger partial charge on any atom is 0.408 e. The number of hydrogen-bond donors (Lipinski definition) is 1. The molecule has 0 aromatic carbocycles. The van der Waals surface area contributed by atoms with Gasteiger partial charge in [-0.25, -0.2) is 9.59 Å². The second-order valence-electron chi connectivity index (χ2n) is 3.94. The molecule has 0 aliphatic rings. The van der Waals surface area contributed by atoms with Crippen molar-refractivity contribution in [2.24, 2.45) is 0 Å². The van der Waals surface area contributed by atoms with Crippen LogP contribution in [0.4, 0.5) is 4.79 Å². The van der Waals surface area contributed by atoms with Crippen molar-refractivity contribution in [3.05, 3.63) is 0 Å². The van der Waals surface area contributed by atoms with Gasteiger partial charge in [-0.2, -0.15) is 0 Å². The van der Waals surface area contributed by atoms with Crippen LogP contribution < -0.4 is 5.32 Å². The molecule has 0 rings (SSSR count). The fraction of sp³-hybridized carbons (Fsp3) is 0.778. The Morgan fingerprint density at radius 1 is 1.40 bits per heavy atom. The van der Waals surface area contributed by atoms with Crippen molar-refractivity contribution in [3.8, 4) is 0 Å². The number of nitrogens with one attached hydrogen (secondary N) is 1. The molecule has 1 unspecified atom stereocenters. The zero-order valence-electron chi connectivity index (χ0n) is 9.30.